The third-order valence-electron chi connectivity index (χ3n) is 4.48. The fourth-order valence-corrected chi connectivity index (χ4v) is 3.09. The summed E-state index contributed by atoms with van der Waals surface area (Å²) in [5, 5.41) is 12.8. The standard InChI is InChI=1S/C17H28N2O/c1-3-14(10-12-20)13-18-16-8-6-11-19(2)17-9-5-4-7-15(16)17/h4-5,7,9,14,16,18,20H,3,6,8,10-13H2,1-2H3. The summed E-state index contributed by atoms with van der Waals surface area (Å²) in [6.07, 6.45) is 4.44. The molecule has 0 saturated heterocycles. The first kappa shape index (κ1) is 15.3. The molecule has 0 amide bonds. The number of fused-ring (bicyclic) bond motifs is 1. The van der Waals surface area contributed by atoms with E-state index in [-0.39, 0.29) is 0 Å². The molecule has 20 heavy (non-hydrogen) atoms. The summed E-state index contributed by atoms with van der Waals surface area (Å²) in [6.45, 7) is 4.63. The van der Waals surface area contributed by atoms with Crippen LogP contribution in [0.4, 0.5) is 5.69 Å². The van der Waals surface area contributed by atoms with Crippen LogP contribution >= 0.6 is 0 Å². The fraction of sp³-hybridized carbons (Fsp3) is 0.647. The van der Waals surface area contributed by atoms with Gasteiger partial charge < -0.3 is 15.3 Å². The molecule has 2 unspecified atom stereocenters. The normalized spacial score (nSPS) is 20.4. The van der Waals surface area contributed by atoms with Crippen LogP contribution in [0.3, 0.4) is 0 Å². The maximum Gasteiger partial charge on any atom is 0.0434 e. The molecule has 0 bridgehead atoms. The van der Waals surface area contributed by atoms with Crippen molar-refractivity contribution in [2.75, 3.05) is 31.6 Å². The molecule has 0 saturated carbocycles. The summed E-state index contributed by atoms with van der Waals surface area (Å²) >= 11 is 0. The van der Waals surface area contributed by atoms with Gasteiger partial charge >= 0.3 is 0 Å². The van der Waals surface area contributed by atoms with Crippen LogP contribution in [0.25, 0.3) is 0 Å². The minimum absolute atomic E-state index is 0.296. The van der Waals surface area contributed by atoms with E-state index in [0.29, 0.717) is 18.6 Å². The first-order valence-corrected chi connectivity index (χ1v) is 7.90. The number of hydrogen-bond acceptors (Lipinski definition) is 3. The van der Waals surface area contributed by atoms with Gasteiger partial charge in [-0.15, -0.1) is 0 Å². The van der Waals surface area contributed by atoms with E-state index in [9.17, 15) is 0 Å². The smallest absolute Gasteiger partial charge is 0.0434 e. The average Bonchev–Trinajstić information content (AvgIpc) is 2.64. The SMILES string of the molecule is CCC(CCO)CNC1CCCN(C)c2ccccc21. The van der Waals surface area contributed by atoms with Crippen molar-refractivity contribution in [3.8, 4) is 0 Å². The third kappa shape index (κ3) is 3.74. The third-order valence-corrected chi connectivity index (χ3v) is 4.48. The predicted molar refractivity (Wildman–Crippen MR) is 85.2 cm³/mol. The number of aliphatic hydroxyl groups is 1. The second kappa shape index (κ2) is 7.65. The van der Waals surface area contributed by atoms with Gasteiger partial charge in [-0.05, 0) is 43.4 Å². The van der Waals surface area contributed by atoms with E-state index in [4.69, 9.17) is 5.11 Å². The van der Waals surface area contributed by atoms with Crippen molar-refractivity contribution in [2.24, 2.45) is 5.92 Å². The molecule has 3 nitrogen and oxygen atoms in total. The van der Waals surface area contributed by atoms with Gasteiger partial charge in [0.25, 0.3) is 0 Å². The van der Waals surface area contributed by atoms with Crippen molar-refractivity contribution in [1.29, 1.82) is 0 Å². The molecule has 3 heteroatoms. The van der Waals surface area contributed by atoms with E-state index in [1.807, 2.05) is 0 Å². The van der Waals surface area contributed by atoms with Gasteiger partial charge in [0.1, 0.15) is 0 Å². The van der Waals surface area contributed by atoms with Crippen molar-refractivity contribution in [1.82, 2.24) is 5.32 Å². The second-order valence-electron chi connectivity index (χ2n) is 5.87. The number of benzene rings is 1. The zero-order chi connectivity index (χ0) is 14.4. The Morgan fingerprint density at radius 2 is 2.20 bits per heavy atom. The van der Waals surface area contributed by atoms with Gasteiger partial charge in [0.05, 0.1) is 0 Å². The van der Waals surface area contributed by atoms with Crippen LogP contribution in [-0.2, 0) is 0 Å². The van der Waals surface area contributed by atoms with Crippen molar-refractivity contribution in [3.05, 3.63) is 29.8 Å². The molecule has 2 rings (SSSR count). The molecule has 1 heterocycles. The topological polar surface area (TPSA) is 35.5 Å². The maximum atomic E-state index is 9.11. The molecule has 1 aromatic rings. The Morgan fingerprint density at radius 1 is 1.40 bits per heavy atom. The van der Waals surface area contributed by atoms with Gasteiger partial charge in [-0.1, -0.05) is 31.5 Å². The first-order chi connectivity index (χ1) is 9.76. The zero-order valence-electron chi connectivity index (χ0n) is 12.8. The molecule has 2 N–H and O–H groups in total. The van der Waals surface area contributed by atoms with Crippen LogP contribution in [0.15, 0.2) is 24.3 Å². The van der Waals surface area contributed by atoms with Crippen LogP contribution in [-0.4, -0.2) is 31.9 Å². The van der Waals surface area contributed by atoms with Crippen molar-refractivity contribution in [3.63, 3.8) is 0 Å². The maximum absolute atomic E-state index is 9.11. The number of rotatable bonds is 6. The van der Waals surface area contributed by atoms with E-state index >= 15 is 0 Å². The zero-order valence-corrected chi connectivity index (χ0v) is 12.8. The monoisotopic (exact) mass is 276 g/mol. The molecule has 0 aliphatic carbocycles. The summed E-state index contributed by atoms with van der Waals surface area (Å²) in [5.74, 6) is 0.577. The number of hydrogen-bond donors (Lipinski definition) is 2. The Balaban J connectivity index is 2.06. The number of para-hydroxylation sites is 1. The summed E-state index contributed by atoms with van der Waals surface area (Å²) in [4.78, 5) is 2.36. The highest BCUT2D eigenvalue weighted by Crippen LogP contribution is 2.32. The van der Waals surface area contributed by atoms with Gasteiger partial charge in [0.2, 0.25) is 0 Å². The van der Waals surface area contributed by atoms with Gasteiger partial charge in [0, 0.05) is 31.9 Å². The number of nitrogens with one attached hydrogen (secondary N) is 1. The Kier molecular flexibility index (Phi) is 5.86. The lowest BCUT2D eigenvalue weighted by atomic mass is 9.98. The largest absolute Gasteiger partial charge is 0.396 e. The Bertz CT molecular complexity index is 408. The van der Waals surface area contributed by atoms with E-state index < -0.39 is 0 Å². The molecule has 0 aromatic heterocycles. The summed E-state index contributed by atoms with van der Waals surface area (Å²) < 4.78 is 0. The minimum atomic E-state index is 0.296. The Hall–Kier alpha value is -1.06. The van der Waals surface area contributed by atoms with Gasteiger partial charge in [-0.25, -0.2) is 0 Å². The average molecular weight is 276 g/mol. The lowest BCUT2D eigenvalue weighted by Crippen LogP contribution is -2.27. The molecule has 0 spiro atoms. The van der Waals surface area contributed by atoms with Crippen LogP contribution < -0.4 is 10.2 Å². The van der Waals surface area contributed by atoms with Crippen LogP contribution in [0, 0.1) is 5.92 Å². The molecule has 1 aromatic carbocycles. The van der Waals surface area contributed by atoms with Gasteiger partial charge in [0.15, 0.2) is 0 Å². The first-order valence-electron chi connectivity index (χ1n) is 7.90. The molecular weight excluding hydrogens is 248 g/mol. The summed E-state index contributed by atoms with van der Waals surface area (Å²) in [5.41, 5.74) is 2.78. The highest BCUT2D eigenvalue weighted by atomic mass is 16.3. The minimum Gasteiger partial charge on any atom is -0.396 e. The molecule has 0 fully saturated rings. The second-order valence-corrected chi connectivity index (χ2v) is 5.87. The number of anilines is 1. The Morgan fingerprint density at radius 3 is 2.95 bits per heavy atom. The molecule has 0 radical (unpaired) electrons. The summed E-state index contributed by atoms with van der Waals surface area (Å²) in [7, 11) is 2.18. The van der Waals surface area contributed by atoms with Crippen molar-refractivity contribution in [2.45, 2.75) is 38.6 Å². The highest BCUT2D eigenvalue weighted by molar-refractivity contribution is 5.55. The molecule has 112 valence electrons. The van der Waals surface area contributed by atoms with Crippen molar-refractivity contribution < 1.29 is 5.11 Å². The number of aliphatic hydroxyl groups excluding tert-OH is 1. The van der Waals surface area contributed by atoms with Crippen LogP contribution in [0.1, 0.15) is 44.2 Å². The molecule has 2 atom stereocenters. The fourth-order valence-electron chi connectivity index (χ4n) is 3.09. The van der Waals surface area contributed by atoms with Crippen molar-refractivity contribution >= 4 is 5.69 Å². The highest BCUT2D eigenvalue weighted by Gasteiger charge is 2.21. The van der Waals surface area contributed by atoms with E-state index in [0.717, 1.165) is 25.9 Å². The van der Waals surface area contributed by atoms with E-state index in [1.165, 1.54) is 24.1 Å². The lowest BCUT2D eigenvalue weighted by Gasteiger charge is -2.24. The summed E-state index contributed by atoms with van der Waals surface area (Å²) in [6, 6.07) is 9.18. The predicted octanol–water partition coefficient (Wildman–Crippen LogP) is 2.96. The molecule has 1 aliphatic heterocycles. The number of nitrogens with zero attached hydrogens (tertiary/aromatic N) is 1. The Labute approximate surface area is 123 Å². The van der Waals surface area contributed by atoms with E-state index in [2.05, 4.69) is 48.5 Å². The molecule has 1 aliphatic rings. The quantitative estimate of drug-likeness (QED) is 0.838. The van der Waals surface area contributed by atoms with Gasteiger partial charge in [-0.3, -0.25) is 0 Å². The van der Waals surface area contributed by atoms with E-state index in [1.54, 1.807) is 0 Å². The lowest BCUT2D eigenvalue weighted by molar-refractivity contribution is 0.248. The molecular formula is C17H28N2O. The van der Waals surface area contributed by atoms with Crippen LogP contribution in [0.5, 0.6) is 0 Å². The van der Waals surface area contributed by atoms with Gasteiger partial charge in [-0.2, -0.15) is 0 Å². The van der Waals surface area contributed by atoms with Crippen LogP contribution in [0.2, 0.25) is 0 Å².